The third kappa shape index (κ3) is 3.87. The number of ether oxygens (including phenoxy) is 1. The number of nitrogens with one attached hydrogen (secondary N) is 1. The molecule has 6 nitrogen and oxygen atoms in total. The van der Waals surface area contributed by atoms with Crippen LogP contribution in [0.3, 0.4) is 0 Å². The van der Waals surface area contributed by atoms with Crippen molar-refractivity contribution in [1.29, 1.82) is 0 Å². The lowest BCUT2D eigenvalue weighted by Gasteiger charge is -2.19. The second-order valence-electron chi connectivity index (χ2n) is 5.36. The van der Waals surface area contributed by atoms with E-state index in [1.54, 1.807) is 12.1 Å². The standard InChI is InChI=1S/C15H20N2O4/c1-10(2)21-13-6-4-3-5-12(13)16-15(20)17-8-7-11(9-17)14(18)19/h3-6,10-11H,7-9H2,1-2H3,(H,16,20)(H,18,19). The minimum absolute atomic E-state index is 0.00577. The number of hydrogen-bond acceptors (Lipinski definition) is 3. The van der Waals surface area contributed by atoms with E-state index in [9.17, 15) is 9.59 Å². The van der Waals surface area contributed by atoms with Crippen molar-refractivity contribution in [3.8, 4) is 5.75 Å². The van der Waals surface area contributed by atoms with E-state index in [0.717, 1.165) is 0 Å². The fourth-order valence-electron chi connectivity index (χ4n) is 2.27. The number of carbonyl (C=O) groups excluding carboxylic acids is 1. The van der Waals surface area contributed by atoms with Gasteiger partial charge in [0.15, 0.2) is 0 Å². The number of likely N-dealkylation sites (tertiary alicyclic amines) is 1. The summed E-state index contributed by atoms with van der Waals surface area (Å²) < 4.78 is 5.64. The fourth-order valence-corrected chi connectivity index (χ4v) is 2.27. The highest BCUT2D eigenvalue weighted by Gasteiger charge is 2.31. The molecule has 0 aliphatic carbocycles. The molecule has 114 valence electrons. The number of para-hydroxylation sites is 2. The molecule has 1 heterocycles. The fraction of sp³-hybridized carbons (Fsp3) is 0.467. The van der Waals surface area contributed by atoms with Crippen LogP contribution in [0, 0.1) is 5.92 Å². The Balaban J connectivity index is 2.02. The third-order valence-electron chi connectivity index (χ3n) is 3.32. The topological polar surface area (TPSA) is 78.9 Å². The monoisotopic (exact) mass is 292 g/mol. The molecule has 0 saturated carbocycles. The van der Waals surface area contributed by atoms with Gasteiger partial charge in [-0.25, -0.2) is 4.79 Å². The van der Waals surface area contributed by atoms with Crippen LogP contribution in [-0.2, 0) is 4.79 Å². The number of urea groups is 1. The molecule has 1 fully saturated rings. The lowest BCUT2D eigenvalue weighted by Crippen LogP contribution is -2.34. The maximum atomic E-state index is 12.2. The van der Waals surface area contributed by atoms with E-state index in [4.69, 9.17) is 9.84 Å². The highest BCUT2D eigenvalue weighted by Crippen LogP contribution is 2.26. The summed E-state index contributed by atoms with van der Waals surface area (Å²) in [6.07, 6.45) is 0.499. The van der Waals surface area contributed by atoms with Gasteiger partial charge in [-0.3, -0.25) is 4.79 Å². The number of nitrogens with zero attached hydrogens (tertiary/aromatic N) is 1. The quantitative estimate of drug-likeness (QED) is 0.893. The number of rotatable bonds is 4. The van der Waals surface area contributed by atoms with Gasteiger partial charge in [0.1, 0.15) is 5.75 Å². The number of anilines is 1. The second kappa shape index (κ2) is 6.47. The average Bonchev–Trinajstić information content (AvgIpc) is 2.90. The van der Waals surface area contributed by atoms with Crippen LogP contribution in [0.2, 0.25) is 0 Å². The van der Waals surface area contributed by atoms with Crippen LogP contribution in [0.15, 0.2) is 24.3 Å². The van der Waals surface area contributed by atoms with Crippen LogP contribution in [0.4, 0.5) is 10.5 Å². The highest BCUT2D eigenvalue weighted by molar-refractivity contribution is 5.91. The van der Waals surface area contributed by atoms with Crippen LogP contribution in [-0.4, -0.2) is 41.2 Å². The Labute approximate surface area is 123 Å². The number of aliphatic carboxylic acids is 1. The zero-order chi connectivity index (χ0) is 15.4. The molecule has 0 bridgehead atoms. The Morgan fingerprint density at radius 1 is 1.38 bits per heavy atom. The molecule has 1 aliphatic rings. The van der Waals surface area contributed by atoms with Crippen molar-refractivity contribution in [3.05, 3.63) is 24.3 Å². The lowest BCUT2D eigenvalue weighted by atomic mass is 10.1. The molecule has 0 spiro atoms. The maximum Gasteiger partial charge on any atom is 0.321 e. The van der Waals surface area contributed by atoms with Gasteiger partial charge in [0, 0.05) is 13.1 Å². The summed E-state index contributed by atoms with van der Waals surface area (Å²) >= 11 is 0. The van der Waals surface area contributed by atoms with Crippen LogP contribution >= 0.6 is 0 Å². The summed E-state index contributed by atoms with van der Waals surface area (Å²) in [6, 6.07) is 6.91. The predicted molar refractivity (Wildman–Crippen MR) is 78.5 cm³/mol. The lowest BCUT2D eigenvalue weighted by molar-refractivity contribution is -0.141. The third-order valence-corrected chi connectivity index (χ3v) is 3.32. The predicted octanol–water partition coefficient (Wildman–Crippen LogP) is 2.41. The smallest absolute Gasteiger partial charge is 0.321 e. The molecule has 0 radical (unpaired) electrons. The second-order valence-corrected chi connectivity index (χ2v) is 5.36. The van der Waals surface area contributed by atoms with Gasteiger partial charge < -0.3 is 20.1 Å². The first-order valence-corrected chi connectivity index (χ1v) is 7.01. The first-order valence-electron chi connectivity index (χ1n) is 7.01. The zero-order valence-electron chi connectivity index (χ0n) is 12.2. The van der Waals surface area contributed by atoms with Crippen molar-refractivity contribution in [1.82, 2.24) is 4.90 Å². The van der Waals surface area contributed by atoms with E-state index in [-0.39, 0.29) is 18.7 Å². The van der Waals surface area contributed by atoms with Crippen LogP contribution in [0.1, 0.15) is 20.3 Å². The summed E-state index contributed by atoms with van der Waals surface area (Å²) in [5.74, 6) is -0.721. The van der Waals surface area contributed by atoms with Gasteiger partial charge in [-0.15, -0.1) is 0 Å². The summed E-state index contributed by atoms with van der Waals surface area (Å²) in [5.41, 5.74) is 0.593. The number of carboxylic acid groups (broad SMARTS) is 1. The molecular weight excluding hydrogens is 272 g/mol. The Morgan fingerprint density at radius 2 is 2.10 bits per heavy atom. The molecule has 1 aromatic rings. The van der Waals surface area contributed by atoms with Gasteiger partial charge in [0.2, 0.25) is 0 Å². The molecule has 21 heavy (non-hydrogen) atoms. The number of amides is 2. The molecule has 2 N–H and O–H groups in total. The van der Waals surface area contributed by atoms with E-state index in [1.165, 1.54) is 4.90 Å². The van der Waals surface area contributed by atoms with E-state index in [1.807, 2.05) is 26.0 Å². The zero-order valence-corrected chi connectivity index (χ0v) is 12.2. The van der Waals surface area contributed by atoms with E-state index >= 15 is 0 Å². The molecule has 0 aromatic heterocycles. The van der Waals surface area contributed by atoms with Gasteiger partial charge in [0.25, 0.3) is 0 Å². The Kier molecular flexibility index (Phi) is 4.67. The number of carboxylic acids is 1. The largest absolute Gasteiger partial charge is 0.489 e. The number of carbonyl (C=O) groups is 2. The van der Waals surface area contributed by atoms with Crippen LogP contribution in [0.25, 0.3) is 0 Å². The van der Waals surface area contributed by atoms with Crippen molar-refractivity contribution in [3.63, 3.8) is 0 Å². The summed E-state index contributed by atoms with van der Waals surface area (Å²) in [7, 11) is 0. The molecule has 2 rings (SSSR count). The summed E-state index contributed by atoms with van der Waals surface area (Å²) in [5, 5.41) is 11.8. The van der Waals surface area contributed by atoms with Crippen molar-refractivity contribution < 1.29 is 19.4 Å². The normalized spacial score (nSPS) is 17.9. The minimum atomic E-state index is -0.853. The Hall–Kier alpha value is -2.24. The first kappa shape index (κ1) is 15.2. The maximum absolute atomic E-state index is 12.2. The van der Waals surface area contributed by atoms with Crippen molar-refractivity contribution in [2.45, 2.75) is 26.4 Å². The van der Waals surface area contributed by atoms with Crippen molar-refractivity contribution in [2.24, 2.45) is 5.92 Å². The van der Waals surface area contributed by atoms with Gasteiger partial charge in [-0.05, 0) is 32.4 Å². The molecule has 2 amide bonds. The Bertz CT molecular complexity index is 530. The minimum Gasteiger partial charge on any atom is -0.489 e. The number of benzene rings is 1. The molecule has 6 heteroatoms. The van der Waals surface area contributed by atoms with Gasteiger partial charge in [-0.2, -0.15) is 0 Å². The first-order chi connectivity index (χ1) is 9.97. The van der Waals surface area contributed by atoms with Crippen LogP contribution in [0.5, 0.6) is 5.75 Å². The number of hydrogen-bond donors (Lipinski definition) is 2. The Morgan fingerprint density at radius 3 is 2.71 bits per heavy atom. The molecular formula is C15H20N2O4. The molecule has 1 aliphatic heterocycles. The van der Waals surface area contributed by atoms with Crippen LogP contribution < -0.4 is 10.1 Å². The SMILES string of the molecule is CC(C)Oc1ccccc1NC(=O)N1CCC(C(=O)O)C1. The average molecular weight is 292 g/mol. The summed E-state index contributed by atoms with van der Waals surface area (Å²) in [6.45, 7) is 4.53. The van der Waals surface area contributed by atoms with Gasteiger partial charge in [0.05, 0.1) is 17.7 Å². The highest BCUT2D eigenvalue weighted by atomic mass is 16.5. The van der Waals surface area contributed by atoms with E-state index < -0.39 is 11.9 Å². The van der Waals surface area contributed by atoms with E-state index in [0.29, 0.717) is 24.4 Å². The van der Waals surface area contributed by atoms with E-state index in [2.05, 4.69) is 5.32 Å². The van der Waals surface area contributed by atoms with Gasteiger partial charge >= 0.3 is 12.0 Å². The van der Waals surface area contributed by atoms with Gasteiger partial charge in [-0.1, -0.05) is 12.1 Å². The van der Waals surface area contributed by atoms with Crippen molar-refractivity contribution >= 4 is 17.7 Å². The van der Waals surface area contributed by atoms with Crippen molar-refractivity contribution in [2.75, 3.05) is 18.4 Å². The molecule has 1 aromatic carbocycles. The molecule has 1 unspecified atom stereocenters. The molecule has 1 saturated heterocycles. The molecule has 1 atom stereocenters. The summed E-state index contributed by atoms with van der Waals surface area (Å²) in [4.78, 5) is 24.6.